The van der Waals surface area contributed by atoms with Crippen LogP contribution >= 0.6 is 11.6 Å². The van der Waals surface area contributed by atoms with Gasteiger partial charge in [-0.25, -0.2) is 0 Å². The first-order valence-corrected chi connectivity index (χ1v) is 8.00. The number of rotatable bonds is 8. The van der Waals surface area contributed by atoms with Gasteiger partial charge < -0.3 is 14.5 Å². The largest absolute Gasteiger partial charge is 0.417 e. The predicted molar refractivity (Wildman–Crippen MR) is 92.5 cm³/mol. The highest BCUT2D eigenvalue weighted by Gasteiger charge is 2.33. The van der Waals surface area contributed by atoms with Crippen molar-refractivity contribution >= 4 is 23.6 Å². The number of ether oxygens (including phenoxy) is 1. The van der Waals surface area contributed by atoms with Crippen LogP contribution in [0.3, 0.4) is 0 Å². The number of benzene rings is 1. The molecule has 0 radical (unpaired) electrons. The molecule has 1 aromatic carbocycles. The number of carbonyl (C=O) groups excluding carboxylic acids is 1. The minimum Gasteiger partial charge on any atom is -0.383 e. The maximum atomic E-state index is 12.9. The standard InChI is InChI=1S/C17H22ClF3N2O2/c1-22(2)8-9-23(10-11-25-3)16(24)7-5-13-4-6-15(18)14(12-13)17(19,20)21/h4-7,12H,8-11H2,1-3H3. The predicted octanol–water partition coefficient (Wildman–Crippen LogP) is 3.41. The Morgan fingerprint density at radius 1 is 1.24 bits per heavy atom. The number of halogens is 4. The maximum Gasteiger partial charge on any atom is 0.417 e. The summed E-state index contributed by atoms with van der Waals surface area (Å²) < 4.78 is 43.6. The summed E-state index contributed by atoms with van der Waals surface area (Å²) in [5, 5.41) is -0.372. The normalized spacial score (nSPS) is 12.2. The molecule has 0 fully saturated rings. The highest BCUT2D eigenvalue weighted by molar-refractivity contribution is 6.31. The maximum absolute atomic E-state index is 12.9. The summed E-state index contributed by atoms with van der Waals surface area (Å²) in [7, 11) is 5.32. The molecule has 0 aliphatic heterocycles. The molecule has 0 heterocycles. The minimum atomic E-state index is -4.54. The number of hydrogen-bond donors (Lipinski definition) is 0. The Labute approximate surface area is 150 Å². The molecule has 0 saturated heterocycles. The number of methoxy groups -OCH3 is 1. The number of amides is 1. The Kier molecular flexibility index (Phi) is 8.41. The lowest BCUT2D eigenvalue weighted by Gasteiger charge is -2.22. The van der Waals surface area contributed by atoms with Crippen LogP contribution in [-0.4, -0.2) is 63.2 Å². The van der Waals surface area contributed by atoms with Gasteiger partial charge in [-0.2, -0.15) is 13.2 Å². The van der Waals surface area contributed by atoms with Gasteiger partial charge in [-0.1, -0.05) is 17.7 Å². The minimum absolute atomic E-state index is 0.254. The third-order valence-corrected chi connectivity index (χ3v) is 3.74. The van der Waals surface area contributed by atoms with E-state index in [-0.39, 0.29) is 16.5 Å². The van der Waals surface area contributed by atoms with E-state index in [1.165, 1.54) is 31.4 Å². The summed E-state index contributed by atoms with van der Waals surface area (Å²) in [6.45, 7) is 1.95. The molecule has 1 amide bonds. The average molecular weight is 379 g/mol. The Hall–Kier alpha value is -1.57. The Bertz CT molecular complexity index is 604. The number of alkyl halides is 3. The van der Waals surface area contributed by atoms with Crippen LogP contribution in [0.25, 0.3) is 6.08 Å². The van der Waals surface area contributed by atoms with Crippen LogP contribution in [0, 0.1) is 0 Å². The molecule has 0 bridgehead atoms. The lowest BCUT2D eigenvalue weighted by Crippen LogP contribution is -2.37. The molecule has 1 aromatic rings. The van der Waals surface area contributed by atoms with Gasteiger partial charge in [-0.15, -0.1) is 0 Å². The molecule has 8 heteroatoms. The first-order valence-electron chi connectivity index (χ1n) is 7.62. The van der Waals surface area contributed by atoms with Crippen molar-refractivity contribution < 1.29 is 22.7 Å². The molecule has 1 rings (SSSR count). The van der Waals surface area contributed by atoms with E-state index in [2.05, 4.69) is 0 Å². The number of nitrogens with zero attached hydrogens (tertiary/aromatic N) is 2. The summed E-state index contributed by atoms with van der Waals surface area (Å²) >= 11 is 5.58. The summed E-state index contributed by atoms with van der Waals surface area (Å²) in [4.78, 5) is 15.8. The van der Waals surface area contributed by atoms with Gasteiger partial charge in [-0.3, -0.25) is 4.79 Å². The average Bonchev–Trinajstić information content (AvgIpc) is 2.52. The second-order valence-electron chi connectivity index (χ2n) is 5.69. The number of hydrogen-bond acceptors (Lipinski definition) is 3. The van der Waals surface area contributed by atoms with Crippen molar-refractivity contribution in [1.82, 2.24) is 9.80 Å². The molecule has 0 aromatic heterocycles. The van der Waals surface area contributed by atoms with Crippen LogP contribution in [-0.2, 0) is 15.7 Å². The fourth-order valence-electron chi connectivity index (χ4n) is 1.99. The van der Waals surface area contributed by atoms with E-state index in [9.17, 15) is 18.0 Å². The summed E-state index contributed by atoms with van der Waals surface area (Å²) in [6.07, 6.45) is -1.93. The van der Waals surface area contributed by atoms with Crippen LogP contribution < -0.4 is 0 Å². The second kappa shape index (κ2) is 9.79. The topological polar surface area (TPSA) is 32.8 Å². The molecular formula is C17H22ClF3N2O2. The van der Waals surface area contributed by atoms with E-state index in [1.807, 2.05) is 19.0 Å². The highest BCUT2D eigenvalue weighted by Crippen LogP contribution is 2.35. The van der Waals surface area contributed by atoms with Gasteiger partial charge in [0.2, 0.25) is 5.91 Å². The van der Waals surface area contributed by atoms with Crippen LogP contribution in [0.2, 0.25) is 5.02 Å². The SMILES string of the molecule is COCCN(CCN(C)C)C(=O)C=Cc1ccc(Cl)c(C(F)(F)F)c1. The van der Waals surface area contributed by atoms with Gasteiger partial charge in [0.1, 0.15) is 0 Å². The molecule has 0 aliphatic rings. The van der Waals surface area contributed by atoms with Gasteiger partial charge in [0.15, 0.2) is 0 Å². The van der Waals surface area contributed by atoms with Crippen LogP contribution in [0.15, 0.2) is 24.3 Å². The van der Waals surface area contributed by atoms with E-state index in [0.717, 1.165) is 6.07 Å². The molecule has 0 spiro atoms. The fourth-order valence-corrected chi connectivity index (χ4v) is 2.22. The van der Waals surface area contributed by atoms with Crippen molar-refractivity contribution in [2.24, 2.45) is 0 Å². The third kappa shape index (κ3) is 7.46. The lowest BCUT2D eigenvalue weighted by atomic mass is 10.1. The summed E-state index contributed by atoms with van der Waals surface area (Å²) in [5.74, 6) is -0.289. The van der Waals surface area contributed by atoms with Crippen molar-refractivity contribution in [3.05, 3.63) is 40.4 Å². The first kappa shape index (κ1) is 21.5. The smallest absolute Gasteiger partial charge is 0.383 e. The van der Waals surface area contributed by atoms with E-state index < -0.39 is 11.7 Å². The van der Waals surface area contributed by atoms with Gasteiger partial charge >= 0.3 is 6.18 Å². The number of carbonyl (C=O) groups is 1. The Balaban J connectivity index is 2.88. The van der Waals surface area contributed by atoms with Gasteiger partial charge in [0.25, 0.3) is 0 Å². The van der Waals surface area contributed by atoms with Gasteiger partial charge in [0.05, 0.1) is 17.2 Å². The van der Waals surface area contributed by atoms with Crippen molar-refractivity contribution in [3.63, 3.8) is 0 Å². The van der Waals surface area contributed by atoms with E-state index in [0.29, 0.717) is 26.2 Å². The van der Waals surface area contributed by atoms with Crippen LogP contribution in [0.1, 0.15) is 11.1 Å². The van der Waals surface area contributed by atoms with Gasteiger partial charge in [0, 0.05) is 32.8 Å². The van der Waals surface area contributed by atoms with E-state index >= 15 is 0 Å². The summed E-state index contributed by atoms with van der Waals surface area (Å²) in [5.41, 5.74) is -0.669. The monoisotopic (exact) mass is 378 g/mol. The molecule has 4 nitrogen and oxygen atoms in total. The zero-order chi connectivity index (χ0) is 19.0. The molecule has 0 aliphatic carbocycles. The number of likely N-dealkylation sites (N-methyl/N-ethyl adjacent to an activating group) is 1. The first-order chi connectivity index (χ1) is 11.6. The van der Waals surface area contributed by atoms with E-state index in [1.54, 1.807) is 4.90 Å². The summed E-state index contributed by atoms with van der Waals surface area (Å²) in [6, 6.07) is 3.52. The van der Waals surface area contributed by atoms with Gasteiger partial charge in [-0.05, 0) is 37.9 Å². The van der Waals surface area contributed by atoms with E-state index in [4.69, 9.17) is 16.3 Å². The molecule has 0 saturated carbocycles. The molecule has 0 unspecified atom stereocenters. The zero-order valence-corrected chi connectivity index (χ0v) is 15.2. The quantitative estimate of drug-likeness (QED) is 0.650. The van der Waals surface area contributed by atoms with Crippen molar-refractivity contribution in [2.45, 2.75) is 6.18 Å². The van der Waals surface area contributed by atoms with Crippen molar-refractivity contribution in [1.29, 1.82) is 0 Å². The fraction of sp³-hybridized carbons (Fsp3) is 0.471. The Morgan fingerprint density at radius 3 is 2.48 bits per heavy atom. The molecule has 140 valence electrons. The molecule has 0 atom stereocenters. The highest BCUT2D eigenvalue weighted by atomic mass is 35.5. The van der Waals surface area contributed by atoms with Crippen LogP contribution in [0.5, 0.6) is 0 Å². The lowest BCUT2D eigenvalue weighted by molar-refractivity contribution is -0.137. The molecule has 25 heavy (non-hydrogen) atoms. The zero-order valence-electron chi connectivity index (χ0n) is 14.4. The Morgan fingerprint density at radius 2 is 1.92 bits per heavy atom. The molecular weight excluding hydrogens is 357 g/mol. The van der Waals surface area contributed by atoms with Crippen molar-refractivity contribution in [2.75, 3.05) is 47.4 Å². The van der Waals surface area contributed by atoms with Crippen molar-refractivity contribution in [3.8, 4) is 0 Å². The molecule has 0 N–H and O–H groups in total. The third-order valence-electron chi connectivity index (χ3n) is 3.41. The second-order valence-corrected chi connectivity index (χ2v) is 6.10. The van der Waals surface area contributed by atoms with Crippen LogP contribution in [0.4, 0.5) is 13.2 Å².